The number of hydrogen-bond acceptors (Lipinski definition) is 2. The van der Waals surface area contributed by atoms with Crippen molar-refractivity contribution >= 4 is 6.08 Å². The smallest absolute Gasteiger partial charge is 0.0985 e. The van der Waals surface area contributed by atoms with E-state index in [0.29, 0.717) is 6.73 Å². The summed E-state index contributed by atoms with van der Waals surface area (Å²) in [5, 5.41) is 0. The van der Waals surface area contributed by atoms with E-state index in [2.05, 4.69) is 30.8 Å². The van der Waals surface area contributed by atoms with Crippen molar-refractivity contribution in [1.82, 2.24) is 4.90 Å². The average molecular weight is 205 g/mol. The van der Waals surface area contributed by atoms with Crippen LogP contribution in [-0.4, -0.2) is 32.3 Å². The molecule has 0 atom stereocenters. The van der Waals surface area contributed by atoms with E-state index in [4.69, 9.17) is 4.74 Å². The largest absolute Gasteiger partial charge is 0.366 e. The molecule has 2 nitrogen and oxygen atoms in total. The van der Waals surface area contributed by atoms with Crippen molar-refractivity contribution in [1.29, 1.82) is 0 Å². The highest BCUT2D eigenvalue weighted by atomic mass is 16.5. The summed E-state index contributed by atoms with van der Waals surface area (Å²) in [6, 6.07) is 8.40. The van der Waals surface area contributed by atoms with Crippen LogP contribution in [0.5, 0.6) is 0 Å². The Kier molecular flexibility index (Phi) is 5.08. The standard InChI is InChI=1S/C13H19NO/c1-4-12-5-7-13(8-6-12)9-10-15-11-14(2)3/h4-8H,1,9-11H2,2-3H3. The Hall–Kier alpha value is -1.12. The summed E-state index contributed by atoms with van der Waals surface area (Å²) in [6.07, 6.45) is 2.82. The molecule has 1 aromatic rings. The van der Waals surface area contributed by atoms with Crippen LogP contribution in [0.25, 0.3) is 6.08 Å². The van der Waals surface area contributed by atoms with E-state index in [-0.39, 0.29) is 0 Å². The van der Waals surface area contributed by atoms with Gasteiger partial charge in [-0.15, -0.1) is 0 Å². The van der Waals surface area contributed by atoms with Crippen molar-refractivity contribution in [2.24, 2.45) is 0 Å². The van der Waals surface area contributed by atoms with Gasteiger partial charge in [0.15, 0.2) is 0 Å². The lowest BCUT2D eigenvalue weighted by Crippen LogP contribution is -2.17. The zero-order valence-electron chi connectivity index (χ0n) is 9.57. The maximum absolute atomic E-state index is 5.46. The van der Waals surface area contributed by atoms with Crippen LogP contribution in [0.1, 0.15) is 11.1 Å². The summed E-state index contributed by atoms with van der Waals surface area (Å²) in [7, 11) is 4.00. The predicted molar refractivity (Wildman–Crippen MR) is 64.7 cm³/mol. The zero-order chi connectivity index (χ0) is 11.1. The molecule has 1 aromatic carbocycles. The number of rotatable bonds is 6. The number of benzene rings is 1. The third kappa shape index (κ3) is 4.77. The van der Waals surface area contributed by atoms with Gasteiger partial charge in [-0.2, -0.15) is 0 Å². The predicted octanol–water partition coefficient (Wildman–Crippen LogP) is 2.41. The summed E-state index contributed by atoms with van der Waals surface area (Å²) in [5.41, 5.74) is 2.47. The minimum absolute atomic E-state index is 0.685. The Morgan fingerprint density at radius 1 is 1.27 bits per heavy atom. The van der Waals surface area contributed by atoms with E-state index in [1.54, 1.807) is 0 Å². The van der Waals surface area contributed by atoms with E-state index in [1.807, 2.05) is 25.1 Å². The maximum atomic E-state index is 5.46. The van der Waals surface area contributed by atoms with Crippen LogP contribution >= 0.6 is 0 Å². The lowest BCUT2D eigenvalue weighted by Gasteiger charge is -2.10. The van der Waals surface area contributed by atoms with Crippen LogP contribution in [0.2, 0.25) is 0 Å². The monoisotopic (exact) mass is 205 g/mol. The minimum Gasteiger partial charge on any atom is -0.366 e. The Balaban J connectivity index is 2.28. The van der Waals surface area contributed by atoms with Crippen LogP contribution in [-0.2, 0) is 11.2 Å². The second-order valence-electron chi connectivity index (χ2n) is 3.81. The van der Waals surface area contributed by atoms with Gasteiger partial charge in [-0.3, -0.25) is 4.90 Å². The molecule has 0 bridgehead atoms. The summed E-state index contributed by atoms with van der Waals surface area (Å²) < 4.78 is 5.46. The molecule has 0 aliphatic rings. The molecule has 0 saturated carbocycles. The molecule has 0 unspecified atom stereocenters. The molecule has 0 saturated heterocycles. The third-order valence-electron chi connectivity index (χ3n) is 2.10. The summed E-state index contributed by atoms with van der Waals surface area (Å²) in [6.45, 7) is 5.18. The van der Waals surface area contributed by atoms with E-state index in [0.717, 1.165) is 18.6 Å². The van der Waals surface area contributed by atoms with Gasteiger partial charge in [-0.05, 0) is 31.6 Å². The Bertz CT molecular complexity index is 290. The normalized spacial score (nSPS) is 10.6. The van der Waals surface area contributed by atoms with Crippen molar-refractivity contribution in [3.63, 3.8) is 0 Å². The van der Waals surface area contributed by atoms with E-state index >= 15 is 0 Å². The molecule has 82 valence electrons. The Labute approximate surface area is 92.2 Å². The highest BCUT2D eigenvalue weighted by molar-refractivity contribution is 5.47. The lowest BCUT2D eigenvalue weighted by molar-refractivity contribution is 0.0582. The lowest BCUT2D eigenvalue weighted by atomic mass is 10.1. The van der Waals surface area contributed by atoms with Crippen molar-refractivity contribution in [2.45, 2.75) is 6.42 Å². The van der Waals surface area contributed by atoms with Gasteiger partial charge < -0.3 is 4.74 Å². The van der Waals surface area contributed by atoms with Gasteiger partial charge in [-0.1, -0.05) is 36.9 Å². The van der Waals surface area contributed by atoms with Gasteiger partial charge in [0, 0.05) is 0 Å². The fraction of sp³-hybridized carbons (Fsp3) is 0.385. The summed E-state index contributed by atoms with van der Waals surface area (Å²) in [5.74, 6) is 0. The van der Waals surface area contributed by atoms with Gasteiger partial charge in [0.25, 0.3) is 0 Å². The molecular weight excluding hydrogens is 186 g/mol. The maximum Gasteiger partial charge on any atom is 0.0985 e. The van der Waals surface area contributed by atoms with Gasteiger partial charge >= 0.3 is 0 Å². The quantitative estimate of drug-likeness (QED) is 0.522. The molecule has 15 heavy (non-hydrogen) atoms. The van der Waals surface area contributed by atoms with Crippen LogP contribution in [0.15, 0.2) is 30.8 Å². The summed E-state index contributed by atoms with van der Waals surface area (Å²) >= 11 is 0. The SMILES string of the molecule is C=Cc1ccc(CCOCN(C)C)cc1. The average Bonchev–Trinajstić information content (AvgIpc) is 2.25. The van der Waals surface area contributed by atoms with Crippen molar-refractivity contribution in [3.8, 4) is 0 Å². The topological polar surface area (TPSA) is 12.5 Å². The molecule has 2 heteroatoms. The van der Waals surface area contributed by atoms with Crippen LogP contribution in [0, 0.1) is 0 Å². The first-order valence-corrected chi connectivity index (χ1v) is 5.16. The molecule has 0 fully saturated rings. The zero-order valence-corrected chi connectivity index (χ0v) is 9.57. The molecular formula is C13H19NO. The van der Waals surface area contributed by atoms with Crippen molar-refractivity contribution in [3.05, 3.63) is 42.0 Å². The molecule has 0 aliphatic heterocycles. The Morgan fingerprint density at radius 3 is 2.47 bits per heavy atom. The first-order chi connectivity index (χ1) is 7.22. The van der Waals surface area contributed by atoms with Gasteiger partial charge in [0.2, 0.25) is 0 Å². The van der Waals surface area contributed by atoms with Gasteiger partial charge in [0.05, 0.1) is 13.3 Å². The molecule has 0 spiro atoms. The molecule has 0 aliphatic carbocycles. The number of nitrogens with zero attached hydrogens (tertiary/aromatic N) is 1. The van der Waals surface area contributed by atoms with E-state index in [1.165, 1.54) is 5.56 Å². The van der Waals surface area contributed by atoms with Crippen LogP contribution < -0.4 is 0 Å². The van der Waals surface area contributed by atoms with E-state index in [9.17, 15) is 0 Å². The highest BCUT2D eigenvalue weighted by Gasteiger charge is 1.94. The molecule has 0 heterocycles. The van der Waals surface area contributed by atoms with Crippen LogP contribution in [0.4, 0.5) is 0 Å². The second kappa shape index (κ2) is 6.38. The molecule has 1 rings (SSSR count). The van der Waals surface area contributed by atoms with Gasteiger partial charge in [-0.25, -0.2) is 0 Å². The van der Waals surface area contributed by atoms with Gasteiger partial charge in [0.1, 0.15) is 0 Å². The van der Waals surface area contributed by atoms with E-state index < -0.39 is 0 Å². The van der Waals surface area contributed by atoms with Crippen LogP contribution in [0.3, 0.4) is 0 Å². The molecule has 0 N–H and O–H groups in total. The molecule has 0 aromatic heterocycles. The third-order valence-corrected chi connectivity index (χ3v) is 2.10. The Morgan fingerprint density at radius 2 is 1.93 bits per heavy atom. The molecule has 0 radical (unpaired) electrons. The number of ether oxygens (including phenoxy) is 1. The second-order valence-corrected chi connectivity index (χ2v) is 3.81. The fourth-order valence-electron chi connectivity index (χ4n) is 1.26. The highest BCUT2D eigenvalue weighted by Crippen LogP contribution is 2.06. The van der Waals surface area contributed by atoms with Crippen molar-refractivity contribution < 1.29 is 4.74 Å². The first kappa shape index (κ1) is 12.0. The number of hydrogen-bond donors (Lipinski definition) is 0. The summed E-state index contributed by atoms with van der Waals surface area (Å²) in [4.78, 5) is 2.01. The minimum atomic E-state index is 0.685. The molecule has 0 amide bonds. The first-order valence-electron chi connectivity index (χ1n) is 5.16. The fourth-order valence-corrected chi connectivity index (χ4v) is 1.26. The van der Waals surface area contributed by atoms with Crippen molar-refractivity contribution in [2.75, 3.05) is 27.4 Å².